The minimum absolute atomic E-state index is 0.0186. The van der Waals surface area contributed by atoms with E-state index in [-0.39, 0.29) is 11.9 Å². The average molecular weight is 256 g/mol. The fraction of sp³-hybridized carbons (Fsp3) is 0.846. The van der Waals surface area contributed by atoms with Crippen molar-refractivity contribution in [1.82, 2.24) is 9.80 Å². The first-order valence-electron chi connectivity index (χ1n) is 6.58. The fourth-order valence-electron chi connectivity index (χ4n) is 2.10. The van der Waals surface area contributed by atoms with E-state index in [1.54, 1.807) is 4.90 Å². The Morgan fingerprint density at radius 2 is 1.61 bits per heavy atom. The molecule has 1 aliphatic heterocycles. The van der Waals surface area contributed by atoms with E-state index >= 15 is 0 Å². The highest BCUT2D eigenvalue weighted by molar-refractivity contribution is 5.79. The van der Waals surface area contributed by atoms with Crippen LogP contribution in [0, 0.1) is 17.8 Å². The third-order valence-electron chi connectivity index (χ3n) is 2.94. The standard InChI is InChI=1S/C13H24N2O3/c1-9(2)5-14(6-10(3)4)13(18)15-7-11(8-15)12(16)17/h9-11H,5-8H2,1-4H3,(H,16,17). The molecule has 5 heteroatoms. The van der Waals surface area contributed by atoms with Crippen LogP contribution >= 0.6 is 0 Å². The first kappa shape index (κ1) is 14.8. The van der Waals surface area contributed by atoms with E-state index in [1.165, 1.54) is 0 Å². The molecule has 1 fully saturated rings. The Bertz CT molecular complexity index is 299. The molecule has 1 heterocycles. The van der Waals surface area contributed by atoms with Gasteiger partial charge < -0.3 is 14.9 Å². The van der Waals surface area contributed by atoms with E-state index < -0.39 is 5.97 Å². The smallest absolute Gasteiger partial charge is 0.320 e. The van der Waals surface area contributed by atoms with Crippen LogP contribution in [0.25, 0.3) is 0 Å². The third-order valence-corrected chi connectivity index (χ3v) is 2.94. The van der Waals surface area contributed by atoms with Crippen molar-refractivity contribution in [2.75, 3.05) is 26.2 Å². The van der Waals surface area contributed by atoms with Gasteiger partial charge in [-0.05, 0) is 11.8 Å². The molecule has 0 unspecified atom stereocenters. The number of nitrogens with zero attached hydrogens (tertiary/aromatic N) is 2. The summed E-state index contributed by atoms with van der Waals surface area (Å²) in [6.45, 7) is 10.5. The fourth-order valence-corrected chi connectivity index (χ4v) is 2.10. The van der Waals surface area contributed by atoms with Crippen LogP contribution in [0.15, 0.2) is 0 Å². The number of carbonyl (C=O) groups excluding carboxylic acids is 1. The predicted molar refractivity (Wildman–Crippen MR) is 69.3 cm³/mol. The molecule has 0 aliphatic carbocycles. The maximum absolute atomic E-state index is 12.2. The van der Waals surface area contributed by atoms with E-state index in [1.807, 2.05) is 4.90 Å². The molecule has 0 radical (unpaired) electrons. The monoisotopic (exact) mass is 256 g/mol. The number of carboxylic acid groups (broad SMARTS) is 1. The number of likely N-dealkylation sites (tertiary alicyclic amines) is 1. The Hall–Kier alpha value is -1.26. The number of carbonyl (C=O) groups is 2. The van der Waals surface area contributed by atoms with Gasteiger partial charge in [-0.1, -0.05) is 27.7 Å². The largest absolute Gasteiger partial charge is 0.481 e. The quantitative estimate of drug-likeness (QED) is 0.815. The van der Waals surface area contributed by atoms with Gasteiger partial charge in [0.15, 0.2) is 0 Å². The van der Waals surface area contributed by atoms with Gasteiger partial charge in [0.05, 0.1) is 5.92 Å². The van der Waals surface area contributed by atoms with E-state index in [9.17, 15) is 9.59 Å². The SMILES string of the molecule is CC(C)CN(CC(C)C)C(=O)N1CC(C(=O)O)C1. The molecule has 0 aromatic heterocycles. The van der Waals surface area contributed by atoms with Gasteiger partial charge in [0.1, 0.15) is 0 Å². The first-order valence-corrected chi connectivity index (χ1v) is 6.58. The zero-order chi connectivity index (χ0) is 13.9. The molecule has 0 aromatic carbocycles. The van der Waals surface area contributed by atoms with Crippen molar-refractivity contribution >= 4 is 12.0 Å². The lowest BCUT2D eigenvalue weighted by atomic mass is 10.0. The Morgan fingerprint density at radius 1 is 1.17 bits per heavy atom. The highest BCUT2D eigenvalue weighted by Crippen LogP contribution is 2.18. The van der Waals surface area contributed by atoms with Crippen molar-refractivity contribution in [1.29, 1.82) is 0 Å². The zero-order valence-electron chi connectivity index (χ0n) is 11.7. The van der Waals surface area contributed by atoms with E-state index in [2.05, 4.69) is 27.7 Å². The molecule has 0 saturated carbocycles. The number of rotatable bonds is 5. The maximum Gasteiger partial charge on any atom is 0.320 e. The second kappa shape index (κ2) is 6.07. The van der Waals surface area contributed by atoms with Crippen molar-refractivity contribution in [3.8, 4) is 0 Å². The summed E-state index contributed by atoms with van der Waals surface area (Å²) >= 11 is 0. The van der Waals surface area contributed by atoms with Gasteiger partial charge in [0.2, 0.25) is 0 Å². The molecule has 0 bridgehead atoms. The topological polar surface area (TPSA) is 60.9 Å². The summed E-state index contributed by atoms with van der Waals surface area (Å²) in [5.74, 6) is -0.347. The number of amides is 2. The van der Waals surface area contributed by atoms with Crippen LogP contribution in [0.5, 0.6) is 0 Å². The van der Waals surface area contributed by atoms with Crippen molar-refractivity contribution in [2.45, 2.75) is 27.7 Å². The lowest BCUT2D eigenvalue weighted by Gasteiger charge is -2.40. The highest BCUT2D eigenvalue weighted by Gasteiger charge is 2.37. The van der Waals surface area contributed by atoms with E-state index in [4.69, 9.17) is 5.11 Å². The van der Waals surface area contributed by atoms with Crippen LogP contribution in [0.3, 0.4) is 0 Å². The minimum atomic E-state index is -0.807. The summed E-state index contributed by atoms with van der Waals surface area (Å²) in [6.07, 6.45) is 0. The van der Waals surface area contributed by atoms with Crippen LogP contribution in [-0.4, -0.2) is 53.1 Å². The molecule has 18 heavy (non-hydrogen) atoms. The molecule has 1 saturated heterocycles. The van der Waals surface area contributed by atoms with Crippen LogP contribution < -0.4 is 0 Å². The Labute approximate surface area is 109 Å². The summed E-state index contributed by atoms with van der Waals surface area (Å²) in [4.78, 5) is 26.4. The summed E-state index contributed by atoms with van der Waals surface area (Å²) in [6, 6.07) is -0.0186. The summed E-state index contributed by atoms with van der Waals surface area (Å²) in [7, 11) is 0. The van der Waals surface area contributed by atoms with Gasteiger partial charge in [-0.3, -0.25) is 4.79 Å². The predicted octanol–water partition coefficient (Wildman–Crippen LogP) is 1.74. The molecule has 104 valence electrons. The molecule has 1 rings (SSSR count). The Balaban J connectivity index is 2.52. The molecule has 0 atom stereocenters. The molecule has 1 aliphatic rings. The van der Waals surface area contributed by atoms with Crippen LogP contribution in [0.1, 0.15) is 27.7 Å². The van der Waals surface area contributed by atoms with Gasteiger partial charge >= 0.3 is 12.0 Å². The molecule has 2 amide bonds. The number of aliphatic carboxylic acids is 1. The lowest BCUT2D eigenvalue weighted by molar-refractivity contribution is -0.146. The van der Waals surface area contributed by atoms with Gasteiger partial charge in [-0.25, -0.2) is 4.79 Å². The molecular formula is C13H24N2O3. The normalized spacial score (nSPS) is 16.0. The van der Waals surface area contributed by atoms with Gasteiger partial charge in [-0.15, -0.1) is 0 Å². The second-order valence-electron chi connectivity index (χ2n) is 5.92. The lowest BCUT2D eigenvalue weighted by Crippen LogP contribution is -2.57. The molecule has 0 aromatic rings. The summed E-state index contributed by atoms with van der Waals surface area (Å²) in [5, 5.41) is 8.81. The van der Waals surface area contributed by atoms with E-state index in [0.29, 0.717) is 24.9 Å². The van der Waals surface area contributed by atoms with Crippen molar-refractivity contribution in [3.05, 3.63) is 0 Å². The number of urea groups is 1. The molecule has 0 spiro atoms. The van der Waals surface area contributed by atoms with Crippen molar-refractivity contribution in [2.24, 2.45) is 17.8 Å². The second-order valence-corrected chi connectivity index (χ2v) is 5.92. The molecule has 5 nitrogen and oxygen atoms in total. The Kier molecular flexibility index (Phi) is 4.99. The summed E-state index contributed by atoms with van der Waals surface area (Å²) in [5.41, 5.74) is 0. The van der Waals surface area contributed by atoms with Crippen molar-refractivity contribution in [3.63, 3.8) is 0 Å². The van der Waals surface area contributed by atoms with Crippen LogP contribution in [0.2, 0.25) is 0 Å². The molecule has 1 N–H and O–H groups in total. The van der Waals surface area contributed by atoms with Gasteiger partial charge in [0.25, 0.3) is 0 Å². The number of hydrogen-bond donors (Lipinski definition) is 1. The Morgan fingerprint density at radius 3 is 1.94 bits per heavy atom. The summed E-state index contributed by atoms with van der Waals surface area (Å²) < 4.78 is 0. The van der Waals surface area contributed by atoms with Gasteiger partial charge in [-0.2, -0.15) is 0 Å². The first-order chi connectivity index (χ1) is 8.31. The minimum Gasteiger partial charge on any atom is -0.481 e. The average Bonchev–Trinajstić information content (AvgIpc) is 2.11. The van der Waals surface area contributed by atoms with Crippen LogP contribution in [0.4, 0.5) is 4.79 Å². The zero-order valence-corrected chi connectivity index (χ0v) is 11.7. The maximum atomic E-state index is 12.2. The van der Waals surface area contributed by atoms with Crippen molar-refractivity contribution < 1.29 is 14.7 Å². The number of carboxylic acids is 1. The molecular weight excluding hydrogens is 232 g/mol. The third kappa shape index (κ3) is 3.89. The van der Waals surface area contributed by atoms with Gasteiger partial charge in [0, 0.05) is 26.2 Å². The van der Waals surface area contributed by atoms with Crippen LogP contribution in [-0.2, 0) is 4.79 Å². The number of hydrogen-bond acceptors (Lipinski definition) is 2. The highest BCUT2D eigenvalue weighted by atomic mass is 16.4. The van der Waals surface area contributed by atoms with E-state index in [0.717, 1.165) is 13.1 Å².